The molecule has 13 heteroatoms. The van der Waals surface area contributed by atoms with E-state index in [1.165, 1.54) is 0 Å². The quantitative estimate of drug-likeness (QED) is 0.446. The summed E-state index contributed by atoms with van der Waals surface area (Å²) in [5.74, 6) is 1.29. The average Bonchev–Trinajstić information content (AvgIpc) is 2.06. The molecule has 0 amide bonds. The zero-order valence-electron chi connectivity index (χ0n) is 9.71. The van der Waals surface area contributed by atoms with Crippen LogP contribution < -0.4 is 35.1 Å². The molecule has 0 saturated heterocycles. The van der Waals surface area contributed by atoms with E-state index in [2.05, 4.69) is 9.97 Å². The molecule has 0 bridgehead atoms. The summed E-state index contributed by atoms with van der Waals surface area (Å²) in [6.07, 6.45) is 1.72. The van der Waals surface area contributed by atoms with E-state index in [9.17, 15) is 0 Å². The predicted molar refractivity (Wildman–Crippen MR) is 51.1 cm³/mol. The lowest BCUT2D eigenvalue weighted by Crippen LogP contribution is -2.24. The summed E-state index contributed by atoms with van der Waals surface area (Å²) < 4.78 is 17.1. The molecule has 19 heavy (non-hydrogen) atoms. The number of rotatable bonds is 0. The van der Waals surface area contributed by atoms with Gasteiger partial charge in [0.05, 0.1) is 0 Å². The Morgan fingerprint density at radius 1 is 1.00 bits per heavy atom. The van der Waals surface area contributed by atoms with E-state index < -0.39 is 15.6 Å². The van der Waals surface area contributed by atoms with Crippen LogP contribution in [0, 0.1) is 13.8 Å². The zero-order valence-corrected chi connectivity index (χ0v) is 11.5. The molecular weight excluding hydrogens is 304 g/mol. The first kappa shape index (κ1) is 20.4. The van der Waals surface area contributed by atoms with Crippen molar-refractivity contribution >= 4 is 21.5 Å². The van der Waals surface area contributed by atoms with Gasteiger partial charge in [-0.05, 0) is 13.8 Å². The second-order valence-electron chi connectivity index (χ2n) is 2.88. The van der Waals surface area contributed by atoms with Gasteiger partial charge in [-0.15, -0.1) is 0 Å². The molecule has 0 radical (unpaired) electrons. The molecule has 0 fully saturated rings. The predicted octanol–water partition coefficient (Wildman–Crippen LogP) is -4.97. The molecule has 1 heterocycles. The molecule has 0 aliphatic carbocycles. The van der Waals surface area contributed by atoms with Crippen molar-refractivity contribution in [3.8, 4) is 0 Å². The number of hydrogen-bond donors (Lipinski definition) is 1. The Kier molecular flexibility index (Phi) is 8.93. The van der Waals surface area contributed by atoms with Crippen molar-refractivity contribution in [2.24, 2.45) is 0 Å². The normalized spacial score (nSPS) is 10.7. The van der Waals surface area contributed by atoms with Crippen molar-refractivity contribution in [3.63, 3.8) is 0 Å². The molecule has 0 aliphatic heterocycles. The van der Waals surface area contributed by atoms with E-state index in [0.29, 0.717) is 5.82 Å². The molecular formula is C6H9N3O8P2-6. The minimum absolute atomic E-state index is 0.572. The largest absolute Gasteiger partial charge is 0.822 e. The van der Waals surface area contributed by atoms with Gasteiger partial charge in [0, 0.05) is 11.8 Å². The topological polar surface area (TPSA) is 224 Å². The van der Waals surface area contributed by atoms with Crippen LogP contribution >= 0.6 is 15.6 Å². The molecule has 1 aromatic heterocycles. The van der Waals surface area contributed by atoms with E-state index in [1.807, 2.05) is 13.8 Å². The number of nitrogens with two attached hydrogens (primary N) is 1. The molecule has 0 aromatic carbocycles. The van der Waals surface area contributed by atoms with Gasteiger partial charge < -0.3 is 44.2 Å². The van der Waals surface area contributed by atoms with Gasteiger partial charge >= 0.3 is 0 Å². The first-order valence-corrected chi connectivity index (χ1v) is 7.14. The number of aryl methyl sites for hydroxylation is 2. The first-order valence-electron chi connectivity index (χ1n) is 4.22. The molecule has 0 atom stereocenters. The standard InChI is InChI=1S/C6H9N3.2H3O4P/c1-4-3-8-5(2)9-6(4)7;2*1-5(2,3)4/h3H,1-2H3,(H2,7,8,9);2*(H3,1,2,3,4)/p-6. The molecule has 0 saturated carbocycles. The van der Waals surface area contributed by atoms with Crippen molar-refractivity contribution in [1.82, 2.24) is 9.97 Å². The van der Waals surface area contributed by atoms with E-state index in [-0.39, 0.29) is 0 Å². The summed E-state index contributed by atoms with van der Waals surface area (Å²) in [5, 5.41) is 0. The Bertz CT molecular complexity index is 447. The summed E-state index contributed by atoms with van der Waals surface area (Å²) in [5.41, 5.74) is 6.40. The molecule has 11 nitrogen and oxygen atoms in total. The fraction of sp³-hybridized carbons (Fsp3) is 0.333. The number of hydrogen-bond acceptors (Lipinski definition) is 11. The summed E-state index contributed by atoms with van der Waals surface area (Å²) in [7, 11) is -10.8. The van der Waals surface area contributed by atoms with Crippen molar-refractivity contribution < 1.29 is 38.5 Å². The van der Waals surface area contributed by atoms with E-state index >= 15 is 0 Å². The number of aromatic nitrogens is 2. The Labute approximate surface area is 108 Å². The highest BCUT2D eigenvalue weighted by Crippen LogP contribution is 2.04. The average molecular weight is 313 g/mol. The summed E-state index contributed by atoms with van der Waals surface area (Å²) in [6.45, 7) is 3.70. The van der Waals surface area contributed by atoms with Crippen molar-refractivity contribution in [2.75, 3.05) is 5.73 Å². The van der Waals surface area contributed by atoms with E-state index in [0.717, 1.165) is 11.4 Å². The Morgan fingerprint density at radius 3 is 1.53 bits per heavy atom. The third kappa shape index (κ3) is 26.6. The van der Waals surface area contributed by atoms with Crippen LogP contribution in [0.5, 0.6) is 0 Å². The smallest absolute Gasteiger partial charge is 0.129 e. The minimum atomic E-state index is -5.39. The Balaban J connectivity index is 0. The van der Waals surface area contributed by atoms with Gasteiger partial charge in [-0.3, -0.25) is 0 Å². The van der Waals surface area contributed by atoms with Crippen LogP contribution in [0.4, 0.5) is 5.82 Å². The van der Waals surface area contributed by atoms with Gasteiger partial charge in [-0.2, -0.15) is 15.6 Å². The third-order valence-electron chi connectivity index (χ3n) is 1.13. The van der Waals surface area contributed by atoms with Gasteiger partial charge in [0.1, 0.15) is 11.6 Å². The van der Waals surface area contributed by atoms with Gasteiger partial charge in [-0.25, -0.2) is 9.97 Å². The van der Waals surface area contributed by atoms with Crippen LogP contribution in [0.2, 0.25) is 0 Å². The molecule has 2 N–H and O–H groups in total. The molecule has 0 unspecified atom stereocenters. The van der Waals surface area contributed by atoms with Crippen LogP contribution in [0.1, 0.15) is 11.4 Å². The number of nitrogen functional groups attached to an aromatic ring is 1. The summed E-state index contributed by atoms with van der Waals surface area (Å²) >= 11 is 0. The van der Waals surface area contributed by atoms with Gasteiger partial charge in [0.2, 0.25) is 0 Å². The molecule has 112 valence electrons. The zero-order chi connectivity index (χ0) is 15.9. The lowest BCUT2D eigenvalue weighted by molar-refractivity contribution is -0.434. The van der Waals surface area contributed by atoms with Gasteiger partial charge in [0.25, 0.3) is 0 Å². The second kappa shape index (κ2) is 8.31. The third-order valence-corrected chi connectivity index (χ3v) is 1.13. The van der Waals surface area contributed by atoms with E-state index in [4.69, 9.17) is 44.2 Å². The number of anilines is 1. The van der Waals surface area contributed by atoms with Crippen LogP contribution in [-0.4, -0.2) is 9.97 Å². The highest BCUT2D eigenvalue weighted by Gasteiger charge is 1.92. The van der Waals surface area contributed by atoms with Gasteiger partial charge in [-0.1, -0.05) is 0 Å². The maximum atomic E-state index is 8.55. The van der Waals surface area contributed by atoms with E-state index in [1.54, 1.807) is 6.20 Å². The van der Waals surface area contributed by atoms with Crippen LogP contribution in [0.25, 0.3) is 0 Å². The molecule has 1 rings (SSSR count). The highest BCUT2D eigenvalue weighted by atomic mass is 31.2. The maximum absolute atomic E-state index is 8.55. The number of phosphoric acid groups is 2. The molecule has 1 aromatic rings. The maximum Gasteiger partial charge on any atom is 0.129 e. The second-order valence-corrected chi connectivity index (χ2v) is 4.67. The first-order chi connectivity index (χ1) is 8.20. The molecule has 0 aliphatic rings. The van der Waals surface area contributed by atoms with Crippen molar-refractivity contribution in [2.45, 2.75) is 13.8 Å². The molecule has 0 spiro atoms. The SMILES string of the molecule is Cc1ncc(C)c(N)n1.O=P([O-])([O-])[O-].O=P([O-])([O-])[O-]. The van der Waals surface area contributed by atoms with Crippen LogP contribution in [0.3, 0.4) is 0 Å². The fourth-order valence-corrected chi connectivity index (χ4v) is 0.548. The van der Waals surface area contributed by atoms with Gasteiger partial charge in [0.15, 0.2) is 0 Å². The lowest BCUT2D eigenvalue weighted by atomic mass is 10.3. The monoisotopic (exact) mass is 313 g/mol. The summed E-state index contributed by atoms with van der Waals surface area (Å²) in [4.78, 5) is 59.2. The summed E-state index contributed by atoms with van der Waals surface area (Å²) in [6, 6.07) is 0. The van der Waals surface area contributed by atoms with Crippen molar-refractivity contribution in [1.29, 1.82) is 0 Å². The fourth-order valence-electron chi connectivity index (χ4n) is 0.548. The highest BCUT2D eigenvalue weighted by molar-refractivity contribution is 7.40. The van der Waals surface area contributed by atoms with Crippen LogP contribution in [0.15, 0.2) is 6.20 Å². The Hall–Kier alpha value is -0.900. The lowest BCUT2D eigenvalue weighted by Gasteiger charge is -2.36. The van der Waals surface area contributed by atoms with Crippen LogP contribution in [-0.2, 0) is 9.13 Å². The number of nitrogens with zero attached hydrogens (tertiary/aromatic N) is 2. The van der Waals surface area contributed by atoms with Crippen molar-refractivity contribution in [3.05, 3.63) is 17.6 Å². The Morgan fingerprint density at radius 2 is 1.32 bits per heavy atom. The minimum Gasteiger partial charge on any atom is -0.822 e.